The number of rotatable bonds is 5. The number of fused-ring (bicyclic) bond motifs is 1. The first-order valence-corrected chi connectivity index (χ1v) is 9.05. The number of amides is 1. The van der Waals surface area contributed by atoms with Crippen LogP contribution < -0.4 is 10.1 Å². The van der Waals surface area contributed by atoms with Crippen molar-refractivity contribution in [1.82, 2.24) is 25.1 Å². The number of methoxy groups -OCH3 is 1. The lowest BCUT2D eigenvalue weighted by Gasteiger charge is -2.38. The van der Waals surface area contributed by atoms with E-state index in [2.05, 4.69) is 20.5 Å². The first kappa shape index (κ1) is 17.0. The highest BCUT2D eigenvalue weighted by molar-refractivity contribution is 5.91. The maximum atomic E-state index is 12.9. The monoisotopic (exact) mass is 357 g/mol. The molecule has 1 saturated carbocycles. The molecule has 2 N–H and O–H groups in total. The van der Waals surface area contributed by atoms with Gasteiger partial charge in [-0.2, -0.15) is 0 Å². The van der Waals surface area contributed by atoms with Gasteiger partial charge in [-0.25, -0.2) is 0 Å². The van der Waals surface area contributed by atoms with Crippen molar-refractivity contribution in [3.8, 4) is 5.75 Å². The Hall–Kier alpha value is -2.48. The van der Waals surface area contributed by atoms with Gasteiger partial charge in [-0.1, -0.05) is 0 Å². The molecule has 1 aliphatic carbocycles. The number of nitrogens with one attached hydrogen (secondary N) is 1. The number of pyridine rings is 1. The second kappa shape index (κ2) is 7.03. The average molecular weight is 357 g/mol. The second-order valence-electron chi connectivity index (χ2n) is 7.04. The van der Waals surface area contributed by atoms with Crippen LogP contribution in [0.15, 0.2) is 18.5 Å². The molecule has 2 aliphatic rings. The standard InChI is InChI=1S/C18H23N5O3/c1-26-14-8-12(9-19-10-14)16(11-6-13(24)7-11)20-18(25)17-22-21-15-4-2-3-5-23(15)17/h8-11,13,16,24H,2-7H2,1H3,(H,20,25)/t11?,13?,16-/m0/s1. The number of aromatic nitrogens is 4. The van der Waals surface area contributed by atoms with E-state index in [9.17, 15) is 9.90 Å². The molecule has 0 saturated heterocycles. The first-order valence-electron chi connectivity index (χ1n) is 9.05. The van der Waals surface area contributed by atoms with Gasteiger partial charge in [0.2, 0.25) is 5.82 Å². The van der Waals surface area contributed by atoms with Crippen LogP contribution in [-0.2, 0) is 13.0 Å². The summed E-state index contributed by atoms with van der Waals surface area (Å²) < 4.78 is 7.17. The van der Waals surface area contributed by atoms with Crippen LogP contribution in [0.1, 0.15) is 53.7 Å². The Morgan fingerprint density at radius 3 is 2.96 bits per heavy atom. The van der Waals surface area contributed by atoms with Gasteiger partial charge in [-0.3, -0.25) is 9.78 Å². The molecule has 0 aromatic carbocycles. The molecule has 2 aromatic rings. The van der Waals surface area contributed by atoms with Crippen LogP contribution in [-0.4, -0.2) is 44.0 Å². The fourth-order valence-electron chi connectivity index (χ4n) is 3.77. The van der Waals surface area contributed by atoms with E-state index in [1.54, 1.807) is 19.5 Å². The highest BCUT2D eigenvalue weighted by Crippen LogP contribution is 2.38. The Morgan fingerprint density at radius 1 is 1.35 bits per heavy atom. The van der Waals surface area contributed by atoms with E-state index < -0.39 is 0 Å². The minimum absolute atomic E-state index is 0.159. The summed E-state index contributed by atoms with van der Waals surface area (Å²) in [7, 11) is 1.59. The van der Waals surface area contributed by atoms with Gasteiger partial charge in [0.05, 0.1) is 25.5 Å². The van der Waals surface area contributed by atoms with Gasteiger partial charge < -0.3 is 19.7 Å². The van der Waals surface area contributed by atoms with E-state index in [4.69, 9.17) is 4.74 Å². The molecule has 0 unspecified atom stereocenters. The van der Waals surface area contributed by atoms with Crippen molar-refractivity contribution in [2.75, 3.05) is 7.11 Å². The largest absolute Gasteiger partial charge is 0.495 e. The lowest BCUT2D eigenvalue weighted by Crippen LogP contribution is -2.42. The third kappa shape index (κ3) is 3.16. The summed E-state index contributed by atoms with van der Waals surface area (Å²) in [6.07, 6.45) is 7.34. The normalized spacial score (nSPS) is 22.8. The van der Waals surface area contributed by atoms with Gasteiger partial charge in [-0.15, -0.1) is 10.2 Å². The number of nitrogens with zero attached hydrogens (tertiary/aromatic N) is 4. The van der Waals surface area contributed by atoms with Gasteiger partial charge in [0, 0.05) is 19.2 Å². The van der Waals surface area contributed by atoms with Crippen LogP contribution in [0.4, 0.5) is 0 Å². The highest BCUT2D eigenvalue weighted by Gasteiger charge is 2.37. The Labute approximate surface area is 151 Å². The van der Waals surface area contributed by atoms with Gasteiger partial charge in [0.1, 0.15) is 11.6 Å². The van der Waals surface area contributed by atoms with Crippen LogP contribution >= 0.6 is 0 Å². The molecule has 1 fully saturated rings. The molecule has 2 aromatic heterocycles. The van der Waals surface area contributed by atoms with Crippen LogP contribution in [0.25, 0.3) is 0 Å². The predicted octanol–water partition coefficient (Wildman–Crippen LogP) is 1.26. The molecule has 4 rings (SSSR count). The second-order valence-corrected chi connectivity index (χ2v) is 7.04. The number of ether oxygens (including phenoxy) is 1. The minimum Gasteiger partial charge on any atom is -0.495 e. The van der Waals surface area contributed by atoms with Gasteiger partial charge in [-0.05, 0) is 43.2 Å². The smallest absolute Gasteiger partial charge is 0.289 e. The zero-order valence-corrected chi connectivity index (χ0v) is 14.8. The van der Waals surface area contributed by atoms with E-state index in [-0.39, 0.29) is 24.0 Å². The van der Waals surface area contributed by atoms with Crippen molar-refractivity contribution in [2.45, 2.75) is 50.8 Å². The molecule has 1 aliphatic heterocycles. The fourth-order valence-corrected chi connectivity index (χ4v) is 3.77. The average Bonchev–Trinajstić information content (AvgIpc) is 3.08. The molecule has 8 heteroatoms. The number of hydrogen-bond acceptors (Lipinski definition) is 6. The van der Waals surface area contributed by atoms with Crippen molar-refractivity contribution in [3.05, 3.63) is 35.7 Å². The molecule has 26 heavy (non-hydrogen) atoms. The van der Waals surface area contributed by atoms with E-state index in [1.807, 2.05) is 10.6 Å². The zero-order chi connectivity index (χ0) is 18.1. The van der Waals surface area contributed by atoms with E-state index >= 15 is 0 Å². The van der Waals surface area contributed by atoms with Crippen molar-refractivity contribution in [3.63, 3.8) is 0 Å². The Kier molecular flexibility index (Phi) is 4.58. The first-order chi connectivity index (χ1) is 12.7. The number of aryl methyl sites for hydroxylation is 1. The van der Waals surface area contributed by atoms with Crippen LogP contribution in [0.2, 0.25) is 0 Å². The number of carbonyl (C=O) groups is 1. The molecule has 3 heterocycles. The van der Waals surface area contributed by atoms with Crippen molar-refractivity contribution >= 4 is 5.91 Å². The summed E-state index contributed by atoms with van der Waals surface area (Å²) in [6, 6.07) is 1.63. The molecule has 0 spiro atoms. The van der Waals surface area contributed by atoms with Crippen molar-refractivity contribution in [2.24, 2.45) is 5.92 Å². The molecule has 8 nitrogen and oxygen atoms in total. The summed E-state index contributed by atoms with van der Waals surface area (Å²) in [5.41, 5.74) is 0.869. The third-order valence-corrected chi connectivity index (χ3v) is 5.30. The molecule has 0 bridgehead atoms. The van der Waals surface area contributed by atoms with E-state index in [0.717, 1.165) is 37.2 Å². The minimum atomic E-state index is -0.307. The number of hydrogen-bond donors (Lipinski definition) is 2. The zero-order valence-electron chi connectivity index (χ0n) is 14.8. The molecular formula is C18H23N5O3. The molecule has 1 atom stereocenters. The lowest BCUT2D eigenvalue weighted by molar-refractivity contribution is 0.0232. The summed E-state index contributed by atoms with van der Waals surface area (Å²) in [6.45, 7) is 0.776. The van der Waals surface area contributed by atoms with Crippen LogP contribution in [0.5, 0.6) is 5.75 Å². The topological polar surface area (TPSA) is 102 Å². The van der Waals surface area contributed by atoms with Crippen LogP contribution in [0, 0.1) is 5.92 Å². The summed E-state index contributed by atoms with van der Waals surface area (Å²) in [4.78, 5) is 17.1. The summed E-state index contributed by atoms with van der Waals surface area (Å²) in [5.74, 6) is 1.80. The Morgan fingerprint density at radius 2 is 2.19 bits per heavy atom. The van der Waals surface area contributed by atoms with Gasteiger partial charge >= 0.3 is 0 Å². The predicted molar refractivity (Wildman–Crippen MR) is 92.7 cm³/mol. The quantitative estimate of drug-likeness (QED) is 0.835. The number of aliphatic hydroxyl groups is 1. The number of carbonyl (C=O) groups excluding carboxylic acids is 1. The maximum Gasteiger partial charge on any atom is 0.289 e. The summed E-state index contributed by atoms with van der Waals surface area (Å²) >= 11 is 0. The van der Waals surface area contributed by atoms with Crippen molar-refractivity contribution in [1.29, 1.82) is 0 Å². The van der Waals surface area contributed by atoms with Gasteiger partial charge in [0.15, 0.2) is 0 Å². The lowest BCUT2D eigenvalue weighted by atomic mass is 9.75. The Bertz CT molecular complexity index is 800. The molecule has 1 amide bonds. The van der Waals surface area contributed by atoms with E-state index in [1.165, 1.54) is 0 Å². The molecule has 0 radical (unpaired) electrons. The van der Waals surface area contributed by atoms with Crippen molar-refractivity contribution < 1.29 is 14.6 Å². The number of aliphatic hydroxyl groups excluding tert-OH is 1. The Balaban J connectivity index is 1.58. The molecule has 138 valence electrons. The highest BCUT2D eigenvalue weighted by atomic mass is 16.5. The van der Waals surface area contributed by atoms with E-state index in [0.29, 0.717) is 24.4 Å². The van der Waals surface area contributed by atoms with Gasteiger partial charge in [0.25, 0.3) is 5.91 Å². The van der Waals surface area contributed by atoms with Crippen LogP contribution in [0.3, 0.4) is 0 Å². The SMILES string of the molecule is COc1cncc([C@@H](NC(=O)c2nnc3n2CCCC3)C2CC(O)C2)c1. The maximum absolute atomic E-state index is 12.9. The third-order valence-electron chi connectivity index (χ3n) is 5.30. The fraction of sp³-hybridized carbons (Fsp3) is 0.556. The molecular weight excluding hydrogens is 334 g/mol. The summed E-state index contributed by atoms with van der Waals surface area (Å²) in [5, 5.41) is 21.1.